The molecule has 12 heteroatoms. The summed E-state index contributed by atoms with van der Waals surface area (Å²) in [6.45, 7) is 2.72. The van der Waals surface area contributed by atoms with Crippen LogP contribution in [-0.4, -0.2) is 24.2 Å². The lowest BCUT2D eigenvalue weighted by Gasteiger charge is -2.13. The number of thiazole rings is 2. The fourth-order valence-corrected chi connectivity index (χ4v) is 8.09. The summed E-state index contributed by atoms with van der Waals surface area (Å²) in [6, 6.07) is 12.4. The molecule has 0 atom stereocenters. The van der Waals surface area contributed by atoms with Gasteiger partial charge in [-0.1, -0.05) is 41.3 Å². The zero-order chi connectivity index (χ0) is 27.0. The molecular weight excluding hydrogens is 572 g/mol. The maximum atomic E-state index is 13.5. The van der Waals surface area contributed by atoms with E-state index in [-0.39, 0.29) is 28.8 Å². The number of anilines is 1. The molecule has 2 aromatic carbocycles. The normalized spacial score (nSPS) is 15.3. The topological polar surface area (TPSA) is 38.4 Å². The van der Waals surface area contributed by atoms with E-state index < -0.39 is 5.51 Å². The number of alkyl halides is 3. The Hall–Kier alpha value is -2.67. The lowest BCUT2D eigenvalue weighted by molar-refractivity contribution is -0.685. The Morgan fingerprint density at radius 3 is 2.71 bits per heavy atom. The first kappa shape index (κ1) is 26.9. The van der Waals surface area contributed by atoms with E-state index in [0.29, 0.717) is 16.6 Å². The number of aromatic nitrogens is 2. The van der Waals surface area contributed by atoms with Crippen molar-refractivity contribution in [2.24, 2.45) is 0 Å². The molecule has 0 saturated heterocycles. The number of nitrogens with zero attached hydrogens (tertiary/aromatic N) is 3. The van der Waals surface area contributed by atoms with Crippen LogP contribution in [0, 0.1) is 0 Å². The summed E-state index contributed by atoms with van der Waals surface area (Å²) in [5.74, 6) is 0.751. The second-order valence-electron chi connectivity index (χ2n) is 8.29. The lowest BCUT2D eigenvalue weighted by atomic mass is 10.2. The Bertz CT molecular complexity index is 1670. The molecule has 0 unspecified atom stereocenters. The number of rotatable bonds is 6. The average molecular weight is 595 g/mol. The predicted molar refractivity (Wildman–Crippen MR) is 150 cm³/mol. The molecule has 0 saturated carbocycles. The van der Waals surface area contributed by atoms with Crippen LogP contribution in [0.3, 0.4) is 0 Å². The van der Waals surface area contributed by atoms with E-state index in [1.54, 1.807) is 41.6 Å². The van der Waals surface area contributed by atoms with Gasteiger partial charge < -0.3 is 9.64 Å². The number of methoxy groups -OCH3 is 1. The number of hydrogen-bond acceptors (Lipinski definition) is 7. The fourth-order valence-electron chi connectivity index (χ4n) is 4.13. The minimum absolute atomic E-state index is 0.0621. The van der Waals surface area contributed by atoms with Crippen molar-refractivity contribution in [1.29, 1.82) is 0 Å². The van der Waals surface area contributed by atoms with Crippen LogP contribution in [-0.2, 0) is 13.1 Å². The third kappa shape index (κ3) is 5.40. The van der Waals surface area contributed by atoms with Crippen LogP contribution in [0.4, 0.5) is 18.9 Å². The zero-order valence-corrected chi connectivity index (χ0v) is 23.9. The van der Waals surface area contributed by atoms with Crippen molar-refractivity contribution in [3.63, 3.8) is 0 Å². The quantitative estimate of drug-likeness (QED) is 0.230. The van der Waals surface area contributed by atoms with Gasteiger partial charge in [0, 0.05) is 35.0 Å². The number of ether oxygens (including phenoxy) is 1. The van der Waals surface area contributed by atoms with Gasteiger partial charge in [-0.05, 0) is 36.9 Å². The molecule has 3 heterocycles. The molecule has 1 aliphatic rings. The second kappa shape index (κ2) is 10.8. The van der Waals surface area contributed by atoms with E-state index in [9.17, 15) is 18.0 Å². The number of benzene rings is 2. The monoisotopic (exact) mass is 594 g/mol. The van der Waals surface area contributed by atoms with Gasteiger partial charge in [-0.25, -0.2) is 0 Å². The summed E-state index contributed by atoms with van der Waals surface area (Å²) >= 11 is 4.35. The highest BCUT2D eigenvalue weighted by atomic mass is 32.2. The van der Waals surface area contributed by atoms with Gasteiger partial charge >= 0.3 is 5.51 Å². The average Bonchev–Trinajstić information content (AvgIpc) is 3.55. The minimum Gasteiger partial charge on any atom is -0.497 e. The van der Waals surface area contributed by atoms with Gasteiger partial charge in [0.15, 0.2) is 12.7 Å². The van der Waals surface area contributed by atoms with Crippen LogP contribution in [0.25, 0.3) is 11.1 Å². The van der Waals surface area contributed by atoms with Gasteiger partial charge in [0.2, 0.25) is 0 Å². The highest BCUT2D eigenvalue weighted by molar-refractivity contribution is 8.08. The molecule has 0 bridgehead atoms. The molecule has 0 spiro atoms. The van der Waals surface area contributed by atoms with E-state index >= 15 is 0 Å². The lowest BCUT2D eigenvalue weighted by Crippen LogP contribution is -2.36. The van der Waals surface area contributed by atoms with Crippen molar-refractivity contribution in [3.8, 4) is 5.75 Å². The van der Waals surface area contributed by atoms with Crippen molar-refractivity contribution in [3.05, 3.63) is 84.2 Å². The summed E-state index contributed by atoms with van der Waals surface area (Å²) in [4.78, 5) is 16.7. The molecular formula is C26H23F3N3O2S4+. The first-order valence-electron chi connectivity index (χ1n) is 11.5. The number of fused-ring (bicyclic) bond motifs is 1. The van der Waals surface area contributed by atoms with E-state index in [4.69, 9.17) is 4.74 Å². The number of hydrogen-bond donors (Lipinski definition) is 0. The van der Waals surface area contributed by atoms with Crippen molar-refractivity contribution >= 4 is 63.0 Å². The minimum atomic E-state index is -4.36. The van der Waals surface area contributed by atoms with Crippen molar-refractivity contribution in [2.75, 3.05) is 19.1 Å². The van der Waals surface area contributed by atoms with E-state index in [2.05, 4.69) is 0 Å². The third-order valence-electron chi connectivity index (χ3n) is 5.96. The van der Waals surface area contributed by atoms with E-state index in [1.807, 2.05) is 59.3 Å². The second-order valence-corrected chi connectivity index (χ2v) is 12.4. The van der Waals surface area contributed by atoms with Gasteiger partial charge in [0.25, 0.3) is 10.6 Å². The highest BCUT2D eigenvalue weighted by Gasteiger charge is 2.31. The number of halogens is 3. The van der Waals surface area contributed by atoms with Gasteiger partial charge in [0.1, 0.15) is 20.0 Å². The van der Waals surface area contributed by atoms with Crippen molar-refractivity contribution < 1.29 is 22.5 Å². The van der Waals surface area contributed by atoms with Crippen molar-refractivity contribution in [2.45, 2.75) is 35.3 Å². The molecule has 0 amide bonds. The smallest absolute Gasteiger partial charge is 0.446 e. The molecule has 5 nitrogen and oxygen atoms in total. The SMILES string of the molecule is CCn1c(=O)/c(=C2\Sc3ccc(OC)cc3N2C)s/c1=C\c1scc[n+]1Cc1ccccc1SC(F)(F)F. The van der Waals surface area contributed by atoms with Crippen LogP contribution >= 0.6 is 46.2 Å². The van der Waals surface area contributed by atoms with Crippen LogP contribution in [0.2, 0.25) is 0 Å². The Morgan fingerprint density at radius 1 is 1.18 bits per heavy atom. The summed E-state index contributed by atoms with van der Waals surface area (Å²) in [7, 11) is 3.57. The molecule has 0 N–H and O–H groups in total. The Morgan fingerprint density at radius 2 is 1.97 bits per heavy atom. The summed E-state index contributed by atoms with van der Waals surface area (Å²) in [5.41, 5.74) is -2.85. The molecule has 4 aromatic rings. The van der Waals surface area contributed by atoms with Crippen LogP contribution in [0.5, 0.6) is 5.75 Å². The van der Waals surface area contributed by atoms with Gasteiger partial charge in [-0.2, -0.15) is 17.7 Å². The maximum absolute atomic E-state index is 13.5. The fraction of sp³-hybridized carbons (Fsp3) is 0.231. The molecule has 1 aliphatic heterocycles. The Kier molecular flexibility index (Phi) is 7.67. The summed E-state index contributed by atoms with van der Waals surface area (Å²) in [6.07, 6.45) is 3.80. The maximum Gasteiger partial charge on any atom is 0.446 e. The van der Waals surface area contributed by atoms with Crippen LogP contribution in [0.1, 0.15) is 17.5 Å². The summed E-state index contributed by atoms with van der Waals surface area (Å²) < 4.78 is 49.7. The molecule has 198 valence electrons. The van der Waals surface area contributed by atoms with Gasteiger partial charge in [-0.3, -0.25) is 9.36 Å². The number of thioether (sulfide) groups is 2. The molecule has 38 heavy (non-hydrogen) atoms. The molecule has 5 rings (SSSR count). The van der Waals surface area contributed by atoms with E-state index in [0.717, 1.165) is 31.0 Å². The first-order valence-corrected chi connectivity index (χ1v) is 14.9. The molecule has 0 radical (unpaired) electrons. The molecule has 0 aliphatic carbocycles. The largest absolute Gasteiger partial charge is 0.497 e. The predicted octanol–water partition coefficient (Wildman–Crippen LogP) is 5.08. The van der Waals surface area contributed by atoms with Gasteiger partial charge in [0.05, 0.1) is 24.3 Å². The highest BCUT2D eigenvalue weighted by Crippen LogP contribution is 2.46. The third-order valence-corrected chi connectivity index (χ3v) is 10.1. The molecule has 0 fully saturated rings. The Balaban J connectivity index is 1.55. The van der Waals surface area contributed by atoms with Crippen LogP contribution in [0.15, 0.2) is 68.6 Å². The summed E-state index contributed by atoms with van der Waals surface area (Å²) in [5, 5.41) is 3.60. The Labute approximate surface area is 233 Å². The van der Waals surface area contributed by atoms with Crippen molar-refractivity contribution in [1.82, 2.24) is 4.57 Å². The standard InChI is InChI=1S/C26H23F3N3O2S4/c1-4-32-22(37-23(24(32)33)25-30(2)18-13-17(34-3)9-10-20(18)36-25)14-21-31(11-12-35-21)15-16-7-5-6-8-19(16)38-26(27,28)29/h5-14H,4,15H2,1-3H3/q+1/b25-23+. The van der Waals surface area contributed by atoms with Crippen LogP contribution < -0.4 is 29.0 Å². The first-order chi connectivity index (χ1) is 18.2. The van der Waals surface area contributed by atoms with Gasteiger partial charge in [-0.15, -0.1) is 11.3 Å². The molecule has 2 aromatic heterocycles. The zero-order valence-electron chi connectivity index (χ0n) is 20.6. The van der Waals surface area contributed by atoms with E-state index in [1.165, 1.54) is 28.7 Å².